The maximum Gasteiger partial charge on any atom is 0.184 e. The van der Waals surface area contributed by atoms with Crippen LogP contribution in [0.15, 0.2) is 121 Å². The Morgan fingerprint density at radius 1 is 0.463 bits per heavy atom. The van der Waals surface area contributed by atoms with Gasteiger partial charge in [-0.3, -0.25) is 0 Å². The van der Waals surface area contributed by atoms with Gasteiger partial charge in [-0.1, -0.05) is 121 Å². The number of fused-ring (bicyclic) bond motifs is 2. The molecule has 3 unspecified atom stereocenters. The Hall–Kier alpha value is -3.36. The standard InChI is InChI=1S/C35H36O6/c1-36-29-30(37-22-25-14-6-2-7-15-25)33-32(39-24-27-18-10-4-11-19-27)34(31(29)38-23-26-16-8-3-9-17-26)41-35(40-33)28-20-12-5-13-21-28/h2-21,29-35H,22-24H2,1H3/t29?,30-,31+,32?,33+,34-,35?. The molecule has 0 aromatic heterocycles. The normalized spacial score (nSPS) is 27.4. The van der Waals surface area contributed by atoms with Gasteiger partial charge in [0.2, 0.25) is 0 Å². The highest BCUT2D eigenvalue weighted by Gasteiger charge is 2.58. The zero-order chi connectivity index (χ0) is 27.9. The molecule has 6 heteroatoms. The summed E-state index contributed by atoms with van der Waals surface area (Å²) in [7, 11) is 1.69. The highest BCUT2D eigenvalue weighted by molar-refractivity contribution is 5.20. The Morgan fingerprint density at radius 3 is 1.22 bits per heavy atom. The largest absolute Gasteiger partial charge is 0.376 e. The maximum absolute atomic E-state index is 6.68. The molecule has 6 rings (SSSR count). The Kier molecular flexibility index (Phi) is 9.17. The molecule has 1 aliphatic heterocycles. The average molecular weight is 553 g/mol. The molecular formula is C35H36O6. The summed E-state index contributed by atoms with van der Waals surface area (Å²) < 4.78 is 39.4. The Balaban J connectivity index is 1.33. The summed E-state index contributed by atoms with van der Waals surface area (Å²) in [5.41, 5.74) is 4.14. The second kappa shape index (κ2) is 13.5. The van der Waals surface area contributed by atoms with Gasteiger partial charge in [-0.2, -0.15) is 0 Å². The monoisotopic (exact) mass is 552 g/mol. The molecule has 2 fully saturated rings. The summed E-state index contributed by atoms with van der Waals surface area (Å²) >= 11 is 0. The summed E-state index contributed by atoms with van der Waals surface area (Å²) in [6.45, 7) is 1.23. The molecular weight excluding hydrogens is 516 g/mol. The van der Waals surface area contributed by atoms with Gasteiger partial charge in [-0.05, 0) is 16.7 Å². The van der Waals surface area contributed by atoms with E-state index >= 15 is 0 Å². The van der Waals surface area contributed by atoms with Gasteiger partial charge < -0.3 is 28.4 Å². The van der Waals surface area contributed by atoms with Crippen molar-refractivity contribution >= 4 is 0 Å². The number of methoxy groups -OCH3 is 1. The quantitative estimate of drug-likeness (QED) is 0.219. The van der Waals surface area contributed by atoms with Crippen LogP contribution in [-0.2, 0) is 48.2 Å². The Morgan fingerprint density at radius 2 is 0.829 bits per heavy atom. The van der Waals surface area contributed by atoms with Crippen molar-refractivity contribution in [3.63, 3.8) is 0 Å². The van der Waals surface area contributed by atoms with E-state index in [1.54, 1.807) is 7.11 Å². The number of rotatable bonds is 11. The van der Waals surface area contributed by atoms with Crippen LogP contribution in [-0.4, -0.2) is 43.7 Å². The zero-order valence-electron chi connectivity index (χ0n) is 23.2. The topological polar surface area (TPSA) is 55.4 Å². The fraction of sp³-hybridized carbons (Fsp3) is 0.314. The molecule has 4 aromatic carbocycles. The SMILES string of the molecule is COC1[C@@H](OCc2ccccc2)[C@@H]2OC(c3ccccc3)O[C@@H](C2OCc2ccccc2)[C@H]1OCc1ccccc1. The van der Waals surface area contributed by atoms with E-state index in [0.29, 0.717) is 19.8 Å². The third-order valence-corrected chi connectivity index (χ3v) is 7.70. The van der Waals surface area contributed by atoms with E-state index in [1.807, 2.05) is 84.9 Å². The smallest absolute Gasteiger partial charge is 0.184 e. The highest BCUT2D eigenvalue weighted by Crippen LogP contribution is 2.43. The summed E-state index contributed by atoms with van der Waals surface area (Å²) in [6, 6.07) is 40.4. The van der Waals surface area contributed by atoms with Crippen LogP contribution >= 0.6 is 0 Å². The first-order chi connectivity index (χ1) is 20.3. The van der Waals surface area contributed by atoms with Crippen molar-refractivity contribution in [2.45, 2.75) is 62.7 Å². The number of benzene rings is 4. The Labute approximate surface area is 241 Å². The fourth-order valence-electron chi connectivity index (χ4n) is 5.65. The third-order valence-electron chi connectivity index (χ3n) is 7.70. The van der Waals surface area contributed by atoms with Crippen LogP contribution in [0.4, 0.5) is 0 Å². The fourth-order valence-corrected chi connectivity index (χ4v) is 5.65. The summed E-state index contributed by atoms with van der Waals surface area (Å²) in [4.78, 5) is 0. The van der Waals surface area contributed by atoms with Crippen LogP contribution in [0.2, 0.25) is 0 Å². The predicted octanol–water partition coefficient (Wildman–Crippen LogP) is 6.25. The first-order valence-corrected chi connectivity index (χ1v) is 14.2. The van der Waals surface area contributed by atoms with Crippen LogP contribution < -0.4 is 0 Å². The molecule has 6 nitrogen and oxygen atoms in total. The molecule has 0 amide bonds. The molecule has 0 radical (unpaired) electrons. The number of ether oxygens (including phenoxy) is 6. The Bertz CT molecular complexity index is 1260. The van der Waals surface area contributed by atoms with Gasteiger partial charge in [-0.15, -0.1) is 0 Å². The van der Waals surface area contributed by atoms with E-state index in [2.05, 4.69) is 36.4 Å². The minimum Gasteiger partial charge on any atom is -0.376 e. The molecule has 1 aliphatic carbocycles. The van der Waals surface area contributed by atoms with E-state index < -0.39 is 42.9 Å². The van der Waals surface area contributed by atoms with Crippen LogP contribution in [0.1, 0.15) is 28.5 Å². The highest BCUT2D eigenvalue weighted by atomic mass is 16.7. The lowest BCUT2D eigenvalue weighted by atomic mass is 9.82. The number of hydrogen-bond donors (Lipinski definition) is 0. The van der Waals surface area contributed by atoms with E-state index in [1.165, 1.54) is 0 Å². The molecule has 2 aliphatic rings. The van der Waals surface area contributed by atoms with Gasteiger partial charge in [0.25, 0.3) is 0 Å². The van der Waals surface area contributed by atoms with Gasteiger partial charge in [0.15, 0.2) is 6.29 Å². The van der Waals surface area contributed by atoms with Crippen LogP contribution in [0.25, 0.3) is 0 Å². The van der Waals surface area contributed by atoms with Gasteiger partial charge >= 0.3 is 0 Å². The van der Waals surface area contributed by atoms with Crippen LogP contribution in [0.5, 0.6) is 0 Å². The molecule has 1 saturated heterocycles. The maximum atomic E-state index is 6.68. The van der Waals surface area contributed by atoms with Crippen molar-refractivity contribution in [1.82, 2.24) is 0 Å². The van der Waals surface area contributed by atoms with Crippen molar-refractivity contribution in [3.05, 3.63) is 144 Å². The van der Waals surface area contributed by atoms with Crippen molar-refractivity contribution in [3.8, 4) is 0 Å². The average Bonchev–Trinajstić information content (AvgIpc) is 3.04. The molecule has 212 valence electrons. The van der Waals surface area contributed by atoms with Gasteiger partial charge in [0, 0.05) is 12.7 Å². The molecule has 41 heavy (non-hydrogen) atoms. The second-order valence-corrected chi connectivity index (χ2v) is 10.4. The first-order valence-electron chi connectivity index (χ1n) is 14.2. The van der Waals surface area contributed by atoms with E-state index in [0.717, 1.165) is 22.3 Å². The second-order valence-electron chi connectivity index (χ2n) is 10.4. The lowest BCUT2D eigenvalue weighted by Crippen LogP contribution is -2.70. The molecule has 1 heterocycles. The predicted molar refractivity (Wildman–Crippen MR) is 155 cm³/mol. The summed E-state index contributed by atoms with van der Waals surface area (Å²) in [5, 5.41) is 0. The van der Waals surface area contributed by atoms with Gasteiger partial charge in [0.05, 0.1) is 19.8 Å². The van der Waals surface area contributed by atoms with E-state index in [9.17, 15) is 0 Å². The molecule has 2 bridgehead atoms. The third kappa shape index (κ3) is 6.60. The van der Waals surface area contributed by atoms with Crippen molar-refractivity contribution in [2.75, 3.05) is 7.11 Å². The van der Waals surface area contributed by atoms with E-state index in [4.69, 9.17) is 28.4 Å². The summed E-state index contributed by atoms with van der Waals surface area (Å²) in [5.74, 6) is 0. The molecule has 7 atom stereocenters. The van der Waals surface area contributed by atoms with Gasteiger partial charge in [0.1, 0.15) is 36.6 Å². The lowest BCUT2D eigenvalue weighted by Gasteiger charge is -2.54. The van der Waals surface area contributed by atoms with Crippen molar-refractivity contribution in [2.24, 2.45) is 0 Å². The summed E-state index contributed by atoms with van der Waals surface area (Å²) in [6.07, 6.45) is -3.30. The van der Waals surface area contributed by atoms with Crippen molar-refractivity contribution < 1.29 is 28.4 Å². The zero-order valence-corrected chi connectivity index (χ0v) is 23.2. The number of hydrogen-bond acceptors (Lipinski definition) is 6. The molecule has 1 saturated carbocycles. The van der Waals surface area contributed by atoms with Crippen LogP contribution in [0, 0.1) is 0 Å². The molecule has 0 N–H and O–H groups in total. The van der Waals surface area contributed by atoms with Gasteiger partial charge in [-0.25, -0.2) is 0 Å². The van der Waals surface area contributed by atoms with Crippen molar-refractivity contribution in [1.29, 1.82) is 0 Å². The first kappa shape index (κ1) is 27.8. The van der Waals surface area contributed by atoms with Crippen LogP contribution in [0.3, 0.4) is 0 Å². The minimum absolute atomic E-state index is 0.406. The molecule has 0 spiro atoms. The lowest BCUT2D eigenvalue weighted by molar-refractivity contribution is -0.374. The van der Waals surface area contributed by atoms with E-state index in [-0.39, 0.29) is 0 Å². The minimum atomic E-state index is -0.591. The molecule has 4 aromatic rings.